The molecule has 0 amide bonds. The first-order valence-corrected chi connectivity index (χ1v) is 6.67. The van der Waals surface area contributed by atoms with E-state index in [1.165, 1.54) is 5.56 Å². The van der Waals surface area contributed by atoms with Gasteiger partial charge in [-0.3, -0.25) is 4.79 Å². The van der Waals surface area contributed by atoms with Crippen molar-refractivity contribution >= 4 is 5.97 Å². The highest BCUT2D eigenvalue weighted by Gasteiger charge is 2.10. The lowest BCUT2D eigenvalue weighted by molar-refractivity contribution is -0.141. The van der Waals surface area contributed by atoms with Crippen LogP contribution < -0.4 is 10.1 Å². The summed E-state index contributed by atoms with van der Waals surface area (Å²) in [6.07, 6.45) is 1.62. The van der Waals surface area contributed by atoms with Crippen LogP contribution >= 0.6 is 0 Å². The number of rotatable bonds is 8. The van der Waals surface area contributed by atoms with Crippen LogP contribution in [0.15, 0.2) is 18.2 Å². The molecule has 106 valence electrons. The molecule has 1 atom stereocenters. The average Bonchev–Trinajstić information content (AvgIpc) is 2.42. The molecule has 1 aromatic carbocycles. The van der Waals surface area contributed by atoms with Crippen molar-refractivity contribution < 1.29 is 14.6 Å². The minimum Gasteiger partial charge on any atom is -0.496 e. The molecule has 0 aromatic heterocycles. The molecule has 0 aliphatic carbocycles. The lowest BCUT2D eigenvalue weighted by Gasteiger charge is -2.12. The number of aliphatic carboxylic acids is 1. The van der Waals surface area contributed by atoms with Gasteiger partial charge in [0.2, 0.25) is 0 Å². The minimum atomic E-state index is -0.743. The van der Waals surface area contributed by atoms with E-state index >= 15 is 0 Å². The van der Waals surface area contributed by atoms with E-state index in [0.29, 0.717) is 19.5 Å². The summed E-state index contributed by atoms with van der Waals surface area (Å²) in [4.78, 5) is 10.7. The summed E-state index contributed by atoms with van der Waals surface area (Å²) in [5.41, 5.74) is 2.39. The first-order chi connectivity index (χ1) is 9.08. The van der Waals surface area contributed by atoms with Crippen molar-refractivity contribution in [1.82, 2.24) is 5.32 Å². The molecule has 0 aliphatic rings. The van der Waals surface area contributed by atoms with Crippen molar-refractivity contribution in [3.63, 3.8) is 0 Å². The molecule has 2 N–H and O–H groups in total. The van der Waals surface area contributed by atoms with Gasteiger partial charge in [-0.05, 0) is 31.0 Å². The lowest BCUT2D eigenvalue weighted by Crippen LogP contribution is -2.20. The SMILES string of the molecule is CCc1ccc(OC)c(CNCCC(C)C(=O)O)c1. The summed E-state index contributed by atoms with van der Waals surface area (Å²) in [5, 5.41) is 12.1. The smallest absolute Gasteiger partial charge is 0.306 e. The molecular formula is C15H23NO3. The molecule has 1 unspecified atom stereocenters. The first kappa shape index (κ1) is 15.5. The van der Waals surface area contributed by atoms with Crippen LogP contribution in [0, 0.1) is 5.92 Å². The van der Waals surface area contributed by atoms with E-state index in [4.69, 9.17) is 9.84 Å². The molecule has 1 rings (SSSR count). The predicted octanol–water partition coefficient (Wildman–Crippen LogP) is 2.46. The number of aryl methyl sites for hydroxylation is 1. The van der Waals surface area contributed by atoms with E-state index in [1.54, 1.807) is 14.0 Å². The standard InChI is InChI=1S/C15H23NO3/c1-4-12-5-6-14(19-3)13(9-12)10-16-8-7-11(2)15(17)18/h5-6,9,11,16H,4,7-8,10H2,1-3H3,(H,17,18). The van der Waals surface area contributed by atoms with E-state index in [1.807, 2.05) is 6.07 Å². The van der Waals surface area contributed by atoms with Gasteiger partial charge in [0, 0.05) is 12.1 Å². The van der Waals surface area contributed by atoms with Crippen LogP contribution in [-0.2, 0) is 17.8 Å². The highest BCUT2D eigenvalue weighted by molar-refractivity contribution is 5.69. The quantitative estimate of drug-likeness (QED) is 0.709. The normalized spacial score (nSPS) is 12.2. The molecule has 0 fully saturated rings. The molecule has 19 heavy (non-hydrogen) atoms. The molecule has 0 saturated heterocycles. The van der Waals surface area contributed by atoms with E-state index < -0.39 is 5.97 Å². The molecule has 0 radical (unpaired) electrons. The van der Waals surface area contributed by atoms with Gasteiger partial charge in [0.25, 0.3) is 0 Å². The third kappa shape index (κ3) is 4.91. The topological polar surface area (TPSA) is 58.6 Å². The number of benzene rings is 1. The largest absolute Gasteiger partial charge is 0.496 e. The maximum absolute atomic E-state index is 10.7. The second kappa shape index (κ2) is 7.79. The maximum atomic E-state index is 10.7. The Morgan fingerprint density at radius 2 is 2.21 bits per heavy atom. The van der Waals surface area contributed by atoms with Crippen LogP contribution in [0.25, 0.3) is 0 Å². The molecule has 0 spiro atoms. The monoisotopic (exact) mass is 265 g/mol. The van der Waals surface area contributed by atoms with Crippen LogP contribution in [-0.4, -0.2) is 24.7 Å². The Labute approximate surface area is 114 Å². The van der Waals surface area contributed by atoms with E-state index in [2.05, 4.69) is 24.4 Å². The van der Waals surface area contributed by atoms with Gasteiger partial charge in [-0.1, -0.05) is 26.0 Å². The van der Waals surface area contributed by atoms with Gasteiger partial charge in [0.15, 0.2) is 0 Å². The third-order valence-electron chi connectivity index (χ3n) is 3.24. The fourth-order valence-electron chi connectivity index (χ4n) is 1.86. The molecule has 1 aromatic rings. The number of hydrogen-bond donors (Lipinski definition) is 2. The molecule has 0 heterocycles. The lowest BCUT2D eigenvalue weighted by atomic mass is 10.1. The Bertz CT molecular complexity index is 418. The molecule has 0 saturated carbocycles. The fraction of sp³-hybridized carbons (Fsp3) is 0.533. The molecule has 4 heteroatoms. The highest BCUT2D eigenvalue weighted by atomic mass is 16.5. The van der Waals surface area contributed by atoms with Crippen molar-refractivity contribution in [2.24, 2.45) is 5.92 Å². The van der Waals surface area contributed by atoms with E-state index in [0.717, 1.165) is 17.7 Å². The Hall–Kier alpha value is -1.55. The van der Waals surface area contributed by atoms with Crippen molar-refractivity contribution in [1.29, 1.82) is 0 Å². The Balaban J connectivity index is 2.50. The fourth-order valence-corrected chi connectivity index (χ4v) is 1.86. The van der Waals surface area contributed by atoms with Gasteiger partial charge in [-0.15, -0.1) is 0 Å². The first-order valence-electron chi connectivity index (χ1n) is 6.67. The van der Waals surface area contributed by atoms with Crippen LogP contribution in [0.2, 0.25) is 0 Å². The van der Waals surface area contributed by atoms with Crippen LogP contribution in [0.4, 0.5) is 0 Å². The summed E-state index contributed by atoms with van der Waals surface area (Å²) in [6.45, 7) is 5.23. The zero-order valence-electron chi connectivity index (χ0n) is 11.9. The Morgan fingerprint density at radius 3 is 2.79 bits per heavy atom. The molecule has 0 bridgehead atoms. The number of hydrogen-bond acceptors (Lipinski definition) is 3. The van der Waals surface area contributed by atoms with Crippen LogP contribution in [0.1, 0.15) is 31.4 Å². The van der Waals surface area contributed by atoms with Gasteiger partial charge in [0.1, 0.15) is 5.75 Å². The zero-order valence-corrected chi connectivity index (χ0v) is 11.9. The number of carbonyl (C=O) groups is 1. The number of carboxylic acid groups (broad SMARTS) is 1. The van der Waals surface area contributed by atoms with Gasteiger partial charge >= 0.3 is 5.97 Å². The van der Waals surface area contributed by atoms with Crippen molar-refractivity contribution in [2.75, 3.05) is 13.7 Å². The number of methoxy groups -OCH3 is 1. The molecule has 0 aliphatic heterocycles. The van der Waals surface area contributed by atoms with Crippen LogP contribution in [0.3, 0.4) is 0 Å². The van der Waals surface area contributed by atoms with Crippen molar-refractivity contribution in [2.45, 2.75) is 33.2 Å². The average molecular weight is 265 g/mol. The summed E-state index contributed by atoms with van der Waals surface area (Å²) >= 11 is 0. The molecule has 4 nitrogen and oxygen atoms in total. The van der Waals surface area contributed by atoms with Gasteiger partial charge in [-0.2, -0.15) is 0 Å². The summed E-state index contributed by atoms with van der Waals surface area (Å²) in [5.74, 6) is -0.181. The van der Waals surface area contributed by atoms with Crippen LogP contribution in [0.5, 0.6) is 5.75 Å². The number of carboxylic acids is 1. The highest BCUT2D eigenvalue weighted by Crippen LogP contribution is 2.20. The Morgan fingerprint density at radius 1 is 1.47 bits per heavy atom. The zero-order chi connectivity index (χ0) is 14.3. The third-order valence-corrected chi connectivity index (χ3v) is 3.24. The van der Waals surface area contributed by atoms with Gasteiger partial charge in [-0.25, -0.2) is 0 Å². The van der Waals surface area contributed by atoms with Crippen molar-refractivity contribution in [3.8, 4) is 5.75 Å². The number of nitrogens with one attached hydrogen (secondary N) is 1. The summed E-state index contributed by atoms with van der Waals surface area (Å²) in [7, 11) is 1.66. The minimum absolute atomic E-state index is 0.309. The summed E-state index contributed by atoms with van der Waals surface area (Å²) < 4.78 is 5.33. The molecular weight excluding hydrogens is 242 g/mol. The number of ether oxygens (including phenoxy) is 1. The second-order valence-electron chi connectivity index (χ2n) is 4.70. The van der Waals surface area contributed by atoms with Gasteiger partial charge in [0.05, 0.1) is 13.0 Å². The van der Waals surface area contributed by atoms with E-state index in [-0.39, 0.29) is 5.92 Å². The summed E-state index contributed by atoms with van der Waals surface area (Å²) in [6, 6.07) is 6.18. The maximum Gasteiger partial charge on any atom is 0.306 e. The predicted molar refractivity (Wildman–Crippen MR) is 75.5 cm³/mol. The van der Waals surface area contributed by atoms with Crippen molar-refractivity contribution in [3.05, 3.63) is 29.3 Å². The van der Waals surface area contributed by atoms with E-state index in [9.17, 15) is 4.79 Å². The van der Waals surface area contributed by atoms with Gasteiger partial charge < -0.3 is 15.2 Å². The second-order valence-corrected chi connectivity index (χ2v) is 4.70. The Kier molecular flexibility index (Phi) is 6.36.